The van der Waals surface area contributed by atoms with Crippen LogP contribution in [0.2, 0.25) is 0 Å². The number of Topliss-reactive ketones (excluding diaryl/α,β-unsaturated/α-hetero) is 1. The Morgan fingerprint density at radius 2 is 1.75 bits per heavy atom. The molecule has 4 rings (SSSR count). The number of unbranched alkanes of at least 4 members (excludes halogenated alkanes) is 1. The second kappa shape index (κ2) is 6.57. The van der Waals surface area contributed by atoms with Crippen LogP contribution in [0.3, 0.4) is 0 Å². The third-order valence-corrected chi connectivity index (χ3v) is 6.25. The van der Waals surface area contributed by atoms with Crippen LogP contribution in [-0.4, -0.2) is 41.1 Å². The number of carbonyl (C=O) groups is 3. The first-order chi connectivity index (χ1) is 13.3. The van der Waals surface area contributed by atoms with Gasteiger partial charge in [0.2, 0.25) is 11.8 Å². The fourth-order valence-electron chi connectivity index (χ4n) is 4.86. The van der Waals surface area contributed by atoms with Crippen molar-refractivity contribution in [3.8, 4) is 0 Å². The first kappa shape index (κ1) is 18.9. The van der Waals surface area contributed by atoms with Gasteiger partial charge in [-0.3, -0.25) is 19.3 Å². The molecule has 0 radical (unpaired) electrons. The molecule has 1 aromatic rings. The van der Waals surface area contributed by atoms with Crippen LogP contribution in [0.5, 0.6) is 0 Å². The number of amides is 2. The molecule has 28 heavy (non-hydrogen) atoms. The maximum Gasteiger partial charge on any atom is 0.235 e. The van der Waals surface area contributed by atoms with E-state index in [4.69, 9.17) is 0 Å². The summed E-state index contributed by atoms with van der Waals surface area (Å²) < 4.78 is 0. The van der Waals surface area contributed by atoms with E-state index in [0.29, 0.717) is 6.54 Å². The maximum absolute atomic E-state index is 13.5. The van der Waals surface area contributed by atoms with E-state index in [1.165, 1.54) is 4.90 Å². The lowest BCUT2D eigenvalue weighted by Gasteiger charge is -2.38. The van der Waals surface area contributed by atoms with Crippen LogP contribution in [-0.2, 0) is 14.4 Å². The molecule has 3 aliphatic rings. The Morgan fingerprint density at radius 1 is 1.07 bits per heavy atom. The SMILES string of the molecule is CCCCN1C(=O)[C@@H]2[C@H](C1=O)[C@H]1C=Cc3ccccc3N1[C@@H]2C(=O)C(C)(C)C. The van der Waals surface area contributed by atoms with Crippen LogP contribution >= 0.6 is 0 Å². The lowest BCUT2D eigenvalue weighted by Crippen LogP contribution is -2.51. The quantitative estimate of drug-likeness (QED) is 0.752. The Balaban J connectivity index is 1.82. The molecule has 0 saturated carbocycles. The minimum atomic E-state index is -0.607. The summed E-state index contributed by atoms with van der Waals surface area (Å²) in [5, 5.41) is 0. The number of para-hydroxylation sites is 1. The van der Waals surface area contributed by atoms with Crippen LogP contribution in [0.15, 0.2) is 30.3 Å². The van der Waals surface area contributed by atoms with Crippen molar-refractivity contribution in [3.05, 3.63) is 35.9 Å². The third-order valence-electron chi connectivity index (χ3n) is 6.25. The van der Waals surface area contributed by atoms with Gasteiger partial charge >= 0.3 is 0 Å². The van der Waals surface area contributed by atoms with Crippen molar-refractivity contribution >= 4 is 29.4 Å². The molecule has 0 N–H and O–H groups in total. The maximum atomic E-state index is 13.5. The molecular weight excluding hydrogens is 352 g/mol. The van der Waals surface area contributed by atoms with Gasteiger partial charge in [-0.1, -0.05) is 64.5 Å². The molecule has 5 nitrogen and oxygen atoms in total. The van der Waals surface area contributed by atoms with E-state index in [1.807, 2.05) is 69.0 Å². The van der Waals surface area contributed by atoms with Crippen LogP contribution in [0, 0.1) is 17.3 Å². The Bertz CT molecular complexity index is 867. The standard InChI is InChI=1S/C23H28N2O3/c1-5-6-13-24-21(27)17-16-12-11-14-9-7-8-10-15(14)25(16)19(18(17)22(24)28)20(26)23(2,3)4/h7-12,16-19H,5-6,13H2,1-4H3/t16-,17-,18-,19+/m1/s1. The van der Waals surface area contributed by atoms with Crippen molar-refractivity contribution in [1.29, 1.82) is 0 Å². The zero-order valence-corrected chi connectivity index (χ0v) is 17.0. The highest BCUT2D eigenvalue weighted by molar-refractivity contribution is 6.11. The van der Waals surface area contributed by atoms with Gasteiger partial charge in [0.1, 0.15) is 6.04 Å². The number of hydrogen-bond acceptors (Lipinski definition) is 4. The molecule has 3 aliphatic heterocycles. The highest BCUT2D eigenvalue weighted by atomic mass is 16.2. The summed E-state index contributed by atoms with van der Waals surface area (Å²) >= 11 is 0. The van der Waals surface area contributed by atoms with Crippen molar-refractivity contribution in [1.82, 2.24) is 4.90 Å². The van der Waals surface area contributed by atoms with Crippen molar-refractivity contribution < 1.29 is 14.4 Å². The van der Waals surface area contributed by atoms with Crippen molar-refractivity contribution in [3.63, 3.8) is 0 Å². The van der Waals surface area contributed by atoms with Crippen LogP contribution in [0.25, 0.3) is 6.08 Å². The van der Waals surface area contributed by atoms with Gasteiger partial charge in [0.05, 0.1) is 17.9 Å². The number of anilines is 1. The van der Waals surface area contributed by atoms with E-state index in [9.17, 15) is 14.4 Å². The Kier molecular flexibility index (Phi) is 4.44. The molecule has 2 fully saturated rings. The van der Waals surface area contributed by atoms with Gasteiger partial charge in [0.25, 0.3) is 0 Å². The van der Waals surface area contributed by atoms with Crippen LogP contribution in [0.4, 0.5) is 5.69 Å². The summed E-state index contributed by atoms with van der Waals surface area (Å²) in [6.07, 6.45) is 5.73. The van der Waals surface area contributed by atoms with Gasteiger partial charge in [0.15, 0.2) is 5.78 Å². The summed E-state index contributed by atoms with van der Waals surface area (Å²) in [4.78, 5) is 43.5. The van der Waals surface area contributed by atoms with E-state index >= 15 is 0 Å². The Labute approximate surface area is 166 Å². The number of hydrogen-bond donors (Lipinski definition) is 0. The molecule has 0 aliphatic carbocycles. The van der Waals surface area contributed by atoms with Gasteiger partial charge in [0, 0.05) is 17.6 Å². The normalized spacial score (nSPS) is 28.4. The molecule has 0 bridgehead atoms. The van der Waals surface area contributed by atoms with E-state index in [0.717, 1.165) is 24.1 Å². The number of benzene rings is 1. The second-order valence-electron chi connectivity index (χ2n) is 9.11. The molecule has 2 saturated heterocycles. The van der Waals surface area contributed by atoms with Gasteiger partial charge in [-0.25, -0.2) is 0 Å². The summed E-state index contributed by atoms with van der Waals surface area (Å²) in [5.41, 5.74) is 1.36. The molecule has 4 atom stereocenters. The third kappa shape index (κ3) is 2.63. The number of ketones is 1. The molecular formula is C23H28N2O3. The molecule has 1 aromatic carbocycles. The average molecular weight is 380 g/mol. The topological polar surface area (TPSA) is 57.7 Å². The number of likely N-dealkylation sites (tertiary alicyclic amines) is 1. The summed E-state index contributed by atoms with van der Waals surface area (Å²) in [6.45, 7) is 8.16. The number of imide groups is 1. The second-order valence-corrected chi connectivity index (χ2v) is 9.11. The monoisotopic (exact) mass is 380 g/mol. The lowest BCUT2D eigenvalue weighted by molar-refractivity contribution is -0.142. The van der Waals surface area contributed by atoms with Gasteiger partial charge in [-0.15, -0.1) is 0 Å². The zero-order chi connectivity index (χ0) is 20.2. The van der Waals surface area contributed by atoms with Crippen LogP contribution in [0.1, 0.15) is 46.1 Å². The predicted octanol–water partition coefficient (Wildman–Crippen LogP) is 3.29. The molecule has 5 heteroatoms. The molecule has 0 spiro atoms. The molecule has 148 valence electrons. The highest BCUT2D eigenvalue weighted by Gasteiger charge is 2.64. The number of fused-ring (bicyclic) bond motifs is 5. The average Bonchev–Trinajstić information content (AvgIpc) is 3.12. The molecule has 0 unspecified atom stereocenters. The smallest absolute Gasteiger partial charge is 0.235 e. The van der Waals surface area contributed by atoms with E-state index in [-0.39, 0.29) is 23.6 Å². The largest absolute Gasteiger partial charge is 0.353 e. The minimum Gasteiger partial charge on any atom is -0.353 e. The minimum absolute atomic E-state index is 0.0218. The number of carbonyl (C=O) groups excluding carboxylic acids is 3. The van der Waals surface area contributed by atoms with Gasteiger partial charge in [-0.05, 0) is 18.1 Å². The number of nitrogens with zero attached hydrogens (tertiary/aromatic N) is 2. The summed E-state index contributed by atoms with van der Waals surface area (Å²) in [5.74, 6) is -1.35. The van der Waals surface area contributed by atoms with Gasteiger partial charge < -0.3 is 4.90 Å². The van der Waals surface area contributed by atoms with Crippen molar-refractivity contribution in [2.45, 2.75) is 52.6 Å². The van der Waals surface area contributed by atoms with Crippen LogP contribution < -0.4 is 4.90 Å². The zero-order valence-electron chi connectivity index (χ0n) is 17.0. The fraction of sp³-hybridized carbons (Fsp3) is 0.522. The Morgan fingerprint density at radius 3 is 2.43 bits per heavy atom. The fourth-order valence-corrected chi connectivity index (χ4v) is 4.86. The van der Waals surface area contributed by atoms with Crippen molar-refractivity contribution in [2.24, 2.45) is 17.3 Å². The summed E-state index contributed by atoms with van der Waals surface area (Å²) in [7, 11) is 0. The molecule has 2 amide bonds. The van der Waals surface area contributed by atoms with E-state index in [1.54, 1.807) is 0 Å². The first-order valence-corrected chi connectivity index (χ1v) is 10.2. The van der Waals surface area contributed by atoms with Gasteiger partial charge in [-0.2, -0.15) is 0 Å². The molecule has 3 heterocycles. The van der Waals surface area contributed by atoms with Crippen molar-refractivity contribution in [2.75, 3.05) is 11.4 Å². The first-order valence-electron chi connectivity index (χ1n) is 10.2. The highest BCUT2D eigenvalue weighted by Crippen LogP contribution is 2.49. The molecule has 0 aromatic heterocycles. The summed E-state index contributed by atoms with van der Waals surface area (Å²) in [6, 6.07) is 7.04. The Hall–Kier alpha value is -2.43. The van der Waals surface area contributed by atoms with E-state index < -0.39 is 23.3 Å². The lowest BCUT2D eigenvalue weighted by atomic mass is 9.79. The van der Waals surface area contributed by atoms with E-state index in [2.05, 4.69) is 0 Å². The predicted molar refractivity (Wildman–Crippen MR) is 109 cm³/mol. The number of rotatable bonds is 4.